The molecular weight excluding hydrogens is 246 g/mol. The molecular formula is C13H21N3O3. The lowest BCUT2D eigenvalue weighted by molar-refractivity contribution is -0.148. The van der Waals surface area contributed by atoms with Crippen LogP contribution in [0.25, 0.3) is 0 Å². The van der Waals surface area contributed by atoms with Crippen LogP contribution in [-0.4, -0.2) is 59.7 Å². The number of likely N-dealkylation sites (tertiary alicyclic amines) is 2. The van der Waals surface area contributed by atoms with Crippen LogP contribution >= 0.6 is 0 Å². The highest BCUT2D eigenvalue weighted by molar-refractivity contribution is 6.00. The lowest BCUT2D eigenvalue weighted by atomic mass is 9.99. The average Bonchev–Trinajstić information content (AvgIpc) is 2.40. The first-order chi connectivity index (χ1) is 8.99. The lowest BCUT2D eigenvalue weighted by Gasteiger charge is -2.36. The van der Waals surface area contributed by atoms with Gasteiger partial charge in [0.2, 0.25) is 17.7 Å². The van der Waals surface area contributed by atoms with Crippen LogP contribution in [0.2, 0.25) is 0 Å². The standard InChI is InChI=1S/C13H21N3O3/c1-9(17)16-7-5-10(6-8-16)14-11-3-4-12(18)15(2)13(11)19/h10-11,14H,3-8H2,1-2H3. The molecule has 0 aromatic rings. The summed E-state index contributed by atoms with van der Waals surface area (Å²) in [5.41, 5.74) is 0. The van der Waals surface area contributed by atoms with E-state index in [1.807, 2.05) is 4.90 Å². The lowest BCUT2D eigenvalue weighted by Crippen LogP contribution is -2.55. The zero-order valence-corrected chi connectivity index (χ0v) is 11.5. The molecule has 6 nitrogen and oxygen atoms in total. The van der Waals surface area contributed by atoms with Gasteiger partial charge in [0.05, 0.1) is 6.04 Å². The highest BCUT2D eigenvalue weighted by Gasteiger charge is 2.33. The van der Waals surface area contributed by atoms with Gasteiger partial charge in [-0.15, -0.1) is 0 Å². The van der Waals surface area contributed by atoms with Crippen LogP contribution in [0.3, 0.4) is 0 Å². The topological polar surface area (TPSA) is 69.7 Å². The maximum atomic E-state index is 12.0. The molecule has 6 heteroatoms. The van der Waals surface area contributed by atoms with E-state index >= 15 is 0 Å². The molecule has 2 fully saturated rings. The van der Waals surface area contributed by atoms with E-state index < -0.39 is 0 Å². The molecule has 0 aromatic carbocycles. The smallest absolute Gasteiger partial charge is 0.246 e. The van der Waals surface area contributed by atoms with Crippen LogP contribution in [0.15, 0.2) is 0 Å². The van der Waals surface area contributed by atoms with Gasteiger partial charge in [-0.2, -0.15) is 0 Å². The molecule has 2 heterocycles. The SMILES string of the molecule is CC(=O)N1CCC(NC2CCC(=O)N(C)C2=O)CC1. The molecule has 2 aliphatic rings. The zero-order chi connectivity index (χ0) is 14.0. The maximum absolute atomic E-state index is 12.0. The molecule has 1 N–H and O–H groups in total. The molecule has 1 unspecified atom stereocenters. The van der Waals surface area contributed by atoms with E-state index in [0.717, 1.165) is 25.9 Å². The minimum atomic E-state index is -0.253. The molecule has 0 aliphatic carbocycles. The van der Waals surface area contributed by atoms with E-state index in [0.29, 0.717) is 12.8 Å². The fourth-order valence-corrected chi connectivity index (χ4v) is 2.72. The van der Waals surface area contributed by atoms with Gasteiger partial charge in [-0.05, 0) is 19.3 Å². The number of amides is 3. The molecule has 0 aromatic heterocycles. The Labute approximate surface area is 113 Å². The van der Waals surface area contributed by atoms with Crippen molar-refractivity contribution >= 4 is 17.7 Å². The number of imide groups is 1. The van der Waals surface area contributed by atoms with Crippen LogP contribution in [0, 0.1) is 0 Å². The summed E-state index contributed by atoms with van der Waals surface area (Å²) in [6, 6.07) is 0.00253. The summed E-state index contributed by atoms with van der Waals surface area (Å²) in [7, 11) is 1.54. The number of likely N-dealkylation sites (N-methyl/N-ethyl adjacent to an activating group) is 1. The first kappa shape index (κ1) is 14.0. The van der Waals surface area contributed by atoms with Crippen LogP contribution in [0.5, 0.6) is 0 Å². The molecule has 2 aliphatic heterocycles. The number of piperidine rings is 2. The van der Waals surface area contributed by atoms with Gasteiger partial charge in [-0.25, -0.2) is 0 Å². The normalized spacial score (nSPS) is 25.9. The monoisotopic (exact) mass is 267 g/mol. The molecule has 0 bridgehead atoms. The second kappa shape index (κ2) is 5.69. The number of hydrogen-bond acceptors (Lipinski definition) is 4. The Balaban J connectivity index is 1.84. The van der Waals surface area contributed by atoms with E-state index in [1.54, 1.807) is 6.92 Å². The van der Waals surface area contributed by atoms with Crippen molar-refractivity contribution in [2.24, 2.45) is 0 Å². The van der Waals surface area contributed by atoms with Gasteiger partial charge >= 0.3 is 0 Å². The Hall–Kier alpha value is -1.43. The predicted molar refractivity (Wildman–Crippen MR) is 69.2 cm³/mol. The van der Waals surface area contributed by atoms with Gasteiger partial charge in [-0.1, -0.05) is 0 Å². The second-order valence-corrected chi connectivity index (χ2v) is 5.33. The fourth-order valence-electron chi connectivity index (χ4n) is 2.72. The third-order valence-electron chi connectivity index (χ3n) is 4.03. The van der Waals surface area contributed by atoms with E-state index in [4.69, 9.17) is 0 Å². The zero-order valence-electron chi connectivity index (χ0n) is 11.5. The van der Waals surface area contributed by atoms with Crippen molar-refractivity contribution in [1.82, 2.24) is 15.1 Å². The minimum Gasteiger partial charge on any atom is -0.343 e. The van der Waals surface area contributed by atoms with E-state index in [1.165, 1.54) is 11.9 Å². The van der Waals surface area contributed by atoms with E-state index in [9.17, 15) is 14.4 Å². The molecule has 3 amide bonds. The van der Waals surface area contributed by atoms with Gasteiger partial charge in [0, 0.05) is 39.5 Å². The minimum absolute atomic E-state index is 0.102. The summed E-state index contributed by atoms with van der Waals surface area (Å²) in [4.78, 5) is 37.6. The molecule has 0 saturated carbocycles. The van der Waals surface area contributed by atoms with Crippen molar-refractivity contribution in [2.75, 3.05) is 20.1 Å². The second-order valence-electron chi connectivity index (χ2n) is 5.33. The highest BCUT2D eigenvalue weighted by atomic mass is 16.2. The Morgan fingerprint density at radius 3 is 2.42 bits per heavy atom. The molecule has 2 rings (SSSR count). The Bertz CT molecular complexity index is 389. The van der Waals surface area contributed by atoms with E-state index in [2.05, 4.69) is 5.32 Å². The first-order valence-corrected chi connectivity index (χ1v) is 6.81. The highest BCUT2D eigenvalue weighted by Crippen LogP contribution is 2.16. The Kier molecular flexibility index (Phi) is 4.19. The quantitative estimate of drug-likeness (QED) is 0.700. The van der Waals surface area contributed by atoms with Gasteiger partial charge < -0.3 is 10.2 Å². The van der Waals surface area contributed by atoms with Gasteiger partial charge in [-0.3, -0.25) is 19.3 Å². The molecule has 19 heavy (non-hydrogen) atoms. The number of nitrogens with zero attached hydrogens (tertiary/aromatic N) is 2. The molecule has 1 atom stereocenters. The van der Waals surface area contributed by atoms with Gasteiger partial charge in [0.15, 0.2) is 0 Å². The number of rotatable bonds is 2. The first-order valence-electron chi connectivity index (χ1n) is 6.81. The summed E-state index contributed by atoms with van der Waals surface area (Å²) < 4.78 is 0. The third-order valence-corrected chi connectivity index (χ3v) is 4.03. The number of carbonyl (C=O) groups is 3. The van der Waals surface area contributed by atoms with Crippen molar-refractivity contribution in [1.29, 1.82) is 0 Å². The van der Waals surface area contributed by atoms with Crippen molar-refractivity contribution < 1.29 is 14.4 Å². The number of carbonyl (C=O) groups excluding carboxylic acids is 3. The van der Waals surface area contributed by atoms with Crippen LogP contribution < -0.4 is 5.32 Å². The van der Waals surface area contributed by atoms with Gasteiger partial charge in [0.25, 0.3) is 0 Å². The average molecular weight is 267 g/mol. The van der Waals surface area contributed by atoms with Crippen LogP contribution in [0.4, 0.5) is 0 Å². The van der Waals surface area contributed by atoms with Gasteiger partial charge in [0.1, 0.15) is 0 Å². The summed E-state index contributed by atoms with van der Waals surface area (Å²) in [6.45, 7) is 3.06. The predicted octanol–water partition coefficient (Wildman–Crippen LogP) is -0.266. The summed E-state index contributed by atoms with van der Waals surface area (Å²) in [5, 5.41) is 3.34. The molecule has 106 valence electrons. The van der Waals surface area contributed by atoms with Crippen molar-refractivity contribution in [3.05, 3.63) is 0 Å². The Morgan fingerprint density at radius 2 is 1.84 bits per heavy atom. The third kappa shape index (κ3) is 3.12. The molecule has 0 spiro atoms. The Morgan fingerprint density at radius 1 is 1.21 bits per heavy atom. The summed E-state index contributed by atoms with van der Waals surface area (Å²) in [5.74, 6) is -0.128. The van der Waals surface area contributed by atoms with Crippen LogP contribution in [0.1, 0.15) is 32.6 Å². The molecule has 0 radical (unpaired) electrons. The van der Waals surface area contributed by atoms with Crippen molar-refractivity contribution in [2.45, 2.75) is 44.7 Å². The number of hydrogen-bond donors (Lipinski definition) is 1. The van der Waals surface area contributed by atoms with Crippen molar-refractivity contribution in [3.8, 4) is 0 Å². The summed E-state index contributed by atoms with van der Waals surface area (Å²) >= 11 is 0. The van der Waals surface area contributed by atoms with E-state index in [-0.39, 0.29) is 29.8 Å². The van der Waals surface area contributed by atoms with Crippen molar-refractivity contribution in [3.63, 3.8) is 0 Å². The number of nitrogens with one attached hydrogen (secondary N) is 1. The summed E-state index contributed by atoms with van der Waals surface area (Å²) in [6.07, 6.45) is 2.73. The fraction of sp³-hybridized carbons (Fsp3) is 0.769. The maximum Gasteiger partial charge on any atom is 0.246 e. The van der Waals surface area contributed by atoms with Crippen LogP contribution in [-0.2, 0) is 14.4 Å². The molecule has 2 saturated heterocycles. The largest absolute Gasteiger partial charge is 0.343 e.